The average Bonchev–Trinajstić information content (AvgIpc) is 3.00. The highest BCUT2D eigenvalue weighted by molar-refractivity contribution is 7.16. The van der Waals surface area contributed by atoms with Crippen LogP contribution in [-0.2, 0) is 11.3 Å². The standard InChI is InChI=1S/C24H29ClN2O3S/c25-22-20(23(28)26-12-6-1-2-7-13-26)16-21(31-22)19-10-14-27(15-11-19)24(29)30-17-18-8-4-3-5-9-18/h3-5,8-9,16,19H,1-2,6-7,10-15,17H2. The number of amides is 2. The Hall–Kier alpha value is -2.05. The van der Waals surface area contributed by atoms with Crippen LogP contribution in [0.25, 0.3) is 0 Å². The maximum atomic E-state index is 13.0. The van der Waals surface area contributed by atoms with Crippen molar-refractivity contribution in [1.29, 1.82) is 0 Å². The van der Waals surface area contributed by atoms with E-state index < -0.39 is 0 Å². The minimum absolute atomic E-state index is 0.0660. The van der Waals surface area contributed by atoms with E-state index >= 15 is 0 Å². The normalized spacial score (nSPS) is 18.0. The lowest BCUT2D eigenvalue weighted by Crippen LogP contribution is -2.38. The molecule has 166 valence electrons. The van der Waals surface area contributed by atoms with Gasteiger partial charge in [0.05, 0.1) is 5.56 Å². The summed E-state index contributed by atoms with van der Waals surface area (Å²) in [6.45, 7) is 3.25. The second-order valence-electron chi connectivity index (χ2n) is 8.34. The first kappa shape index (κ1) is 22.2. The van der Waals surface area contributed by atoms with E-state index in [9.17, 15) is 9.59 Å². The third-order valence-corrected chi connectivity index (χ3v) is 7.71. The minimum Gasteiger partial charge on any atom is -0.445 e. The van der Waals surface area contributed by atoms with Crippen molar-refractivity contribution < 1.29 is 14.3 Å². The summed E-state index contributed by atoms with van der Waals surface area (Å²) in [4.78, 5) is 30.3. The molecule has 2 aliphatic heterocycles. The van der Waals surface area contributed by atoms with Crippen molar-refractivity contribution in [3.63, 3.8) is 0 Å². The van der Waals surface area contributed by atoms with Crippen molar-refractivity contribution >= 4 is 34.9 Å². The molecule has 2 aliphatic rings. The molecule has 5 nitrogen and oxygen atoms in total. The second-order valence-corrected chi connectivity index (χ2v) is 10.0. The lowest BCUT2D eigenvalue weighted by atomic mass is 9.95. The van der Waals surface area contributed by atoms with Crippen molar-refractivity contribution in [2.45, 2.75) is 51.0 Å². The van der Waals surface area contributed by atoms with E-state index in [2.05, 4.69) is 0 Å². The molecule has 0 atom stereocenters. The molecule has 2 aromatic rings. The molecule has 31 heavy (non-hydrogen) atoms. The molecule has 2 saturated heterocycles. The van der Waals surface area contributed by atoms with E-state index in [0.717, 1.165) is 49.2 Å². The van der Waals surface area contributed by atoms with Crippen molar-refractivity contribution in [2.24, 2.45) is 0 Å². The van der Waals surface area contributed by atoms with Crippen molar-refractivity contribution in [3.8, 4) is 0 Å². The van der Waals surface area contributed by atoms with Gasteiger partial charge in [-0.1, -0.05) is 54.8 Å². The van der Waals surface area contributed by atoms with Gasteiger partial charge in [-0.3, -0.25) is 4.79 Å². The van der Waals surface area contributed by atoms with Crippen molar-refractivity contribution in [1.82, 2.24) is 9.80 Å². The fraction of sp³-hybridized carbons (Fsp3) is 0.500. The molecule has 3 heterocycles. The highest BCUT2D eigenvalue weighted by atomic mass is 35.5. The number of carbonyl (C=O) groups excluding carboxylic acids is 2. The first-order valence-corrected chi connectivity index (χ1v) is 12.4. The van der Waals surface area contributed by atoms with Crippen LogP contribution < -0.4 is 0 Å². The number of halogens is 1. The van der Waals surface area contributed by atoms with Crippen LogP contribution in [0.3, 0.4) is 0 Å². The summed E-state index contributed by atoms with van der Waals surface area (Å²) in [7, 11) is 0. The molecule has 0 unspecified atom stereocenters. The van der Waals surface area contributed by atoms with Gasteiger partial charge in [-0.05, 0) is 43.2 Å². The van der Waals surface area contributed by atoms with E-state index in [1.165, 1.54) is 24.2 Å². The molecule has 2 fully saturated rings. The molecule has 0 bridgehead atoms. The zero-order valence-electron chi connectivity index (χ0n) is 17.7. The summed E-state index contributed by atoms with van der Waals surface area (Å²) in [5.41, 5.74) is 1.63. The Balaban J connectivity index is 1.31. The maximum Gasteiger partial charge on any atom is 0.410 e. The van der Waals surface area contributed by atoms with E-state index in [0.29, 0.717) is 35.5 Å². The first-order valence-electron chi connectivity index (χ1n) is 11.2. The van der Waals surface area contributed by atoms with E-state index in [1.54, 1.807) is 4.90 Å². The number of likely N-dealkylation sites (tertiary alicyclic amines) is 2. The number of rotatable bonds is 4. The Morgan fingerprint density at radius 2 is 1.65 bits per heavy atom. The fourth-order valence-corrected chi connectivity index (χ4v) is 5.78. The van der Waals surface area contributed by atoms with E-state index in [1.807, 2.05) is 41.3 Å². The summed E-state index contributed by atoms with van der Waals surface area (Å²) in [5, 5.41) is 0. The van der Waals surface area contributed by atoms with Crippen LogP contribution in [0.4, 0.5) is 4.79 Å². The predicted octanol–water partition coefficient (Wildman–Crippen LogP) is 5.93. The highest BCUT2D eigenvalue weighted by Gasteiger charge is 2.28. The van der Waals surface area contributed by atoms with Crippen LogP contribution in [0.5, 0.6) is 0 Å². The fourth-order valence-electron chi connectivity index (χ4n) is 4.34. The quantitative estimate of drug-likeness (QED) is 0.567. The van der Waals surface area contributed by atoms with Gasteiger partial charge in [-0.2, -0.15) is 0 Å². The smallest absolute Gasteiger partial charge is 0.410 e. The molecule has 1 aromatic heterocycles. The average molecular weight is 461 g/mol. The zero-order valence-corrected chi connectivity index (χ0v) is 19.3. The van der Waals surface area contributed by atoms with Crippen LogP contribution in [-0.4, -0.2) is 48.0 Å². The molecule has 4 rings (SSSR count). The number of benzene rings is 1. The molecule has 0 aliphatic carbocycles. The van der Waals surface area contributed by atoms with Gasteiger partial charge < -0.3 is 14.5 Å². The minimum atomic E-state index is -0.261. The molecule has 0 N–H and O–H groups in total. The van der Waals surface area contributed by atoms with Crippen LogP contribution in [0, 0.1) is 0 Å². The van der Waals surface area contributed by atoms with Crippen molar-refractivity contribution in [2.75, 3.05) is 26.2 Å². The Morgan fingerprint density at radius 3 is 2.32 bits per heavy atom. The largest absolute Gasteiger partial charge is 0.445 e. The van der Waals surface area contributed by atoms with Crippen LogP contribution in [0.15, 0.2) is 36.4 Å². The number of hydrogen-bond donors (Lipinski definition) is 0. The molecule has 7 heteroatoms. The monoisotopic (exact) mass is 460 g/mol. The number of nitrogens with zero attached hydrogens (tertiary/aromatic N) is 2. The van der Waals surface area contributed by atoms with Gasteiger partial charge in [0, 0.05) is 31.1 Å². The Labute approximate surface area is 192 Å². The van der Waals surface area contributed by atoms with E-state index in [-0.39, 0.29) is 12.0 Å². The van der Waals surface area contributed by atoms with Crippen LogP contribution in [0.2, 0.25) is 4.34 Å². The summed E-state index contributed by atoms with van der Waals surface area (Å²) in [6, 6.07) is 11.7. The Morgan fingerprint density at radius 1 is 0.968 bits per heavy atom. The summed E-state index contributed by atoms with van der Waals surface area (Å²) in [5.74, 6) is 0.391. The Bertz CT molecular complexity index is 885. The van der Waals surface area contributed by atoms with Gasteiger partial charge in [0.15, 0.2) is 0 Å². The van der Waals surface area contributed by atoms with E-state index in [4.69, 9.17) is 16.3 Å². The van der Waals surface area contributed by atoms with Gasteiger partial charge in [0.1, 0.15) is 10.9 Å². The second kappa shape index (κ2) is 10.5. The number of hydrogen-bond acceptors (Lipinski definition) is 4. The van der Waals surface area contributed by atoms with Crippen LogP contribution in [0.1, 0.15) is 65.2 Å². The molecular weight excluding hydrogens is 432 g/mol. The molecular formula is C24H29ClN2O3S. The summed E-state index contributed by atoms with van der Waals surface area (Å²) >= 11 is 8.00. The number of piperidine rings is 1. The summed E-state index contributed by atoms with van der Waals surface area (Å²) < 4.78 is 6.05. The van der Waals surface area contributed by atoms with Crippen LogP contribution >= 0.6 is 22.9 Å². The number of carbonyl (C=O) groups is 2. The number of ether oxygens (including phenoxy) is 1. The molecule has 0 saturated carbocycles. The van der Waals surface area contributed by atoms with Gasteiger partial charge >= 0.3 is 6.09 Å². The van der Waals surface area contributed by atoms with Gasteiger partial charge in [-0.15, -0.1) is 11.3 Å². The lowest BCUT2D eigenvalue weighted by Gasteiger charge is -2.30. The molecule has 0 radical (unpaired) electrons. The van der Waals surface area contributed by atoms with Gasteiger partial charge in [0.25, 0.3) is 5.91 Å². The van der Waals surface area contributed by atoms with Gasteiger partial charge in [0.2, 0.25) is 0 Å². The lowest BCUT2D eigenvalue weighted by molar-refractivity contribution is 0.0762. The highest BCUT2D eigenvalue weighted by Crippen LogP contribution is 2.38. The first-order chi connectivity index (χ1) is 15.1. The van der Waals surface area contributed by atoms with Crippen molar-refractivity contribution in [3.05, 3.63) is 56.7 Å². The SMILES string of the molecule is O=C(OCc1ccccc1)N1CCC(c2cc(C(=O)N3CCCCCC3)c(Cl)s2)CC1. The topological polar surface area (TPSA) is 49.9 Å². The summed E-state index contributed by atoms with van der Waals surface area (Å²) in [6.07, 6.45) is 5.97. The van der Waals surface area contributed by atoms with Gasteiger partial charge in [-0.25, -0.2) is 4.79 Å². The third-order valence-electron chi connectivity index (χ3n) is 6.19. The zero-order chi connectivity index (χ0) is 21.6. The molecule has 0 spiro atoms. The Kier molecular flexibility index (Phi) is 7.51. The molecule has 2 amide bonds. The number of thiophene rings is 1. The predicted molar refractivity (Wildman–Crippen MR) is 124 cm³/mol. The maximum absolute atomic E-state index is 13.0. The molecule has 1 aromatic carbocycles. The third kappa shape index (κ3) is 5.60.